The highest BCUT2D eigenvalue weighted by molar-refractivity contribution is 7.89. The van der Waals surface area contributed by atoms with Crippen LogP contribution in [0.1, 0.15) is 76.0 Å². The van der Waals surface area contributed by atoms with Crippen LogP contribution in [-0.4, -0.2) is 55.7 Å². The molecule has 1 aromatic carbocycles. The third kappa shape index (κ3) is 4.56. The minimum atomic E-state index is -3.14. The summed E-state index contributed by atoms with van der Waals surface area (Å²) in [6.07, 6.45) is 9.01. The van der Waals surface area contributed by atoms with Crippen LogP contribution in [0.25, 0.3) is 0 Å². The van der Waals surface area contributed by atoms with E-state index >= 15 is 0 Å². The predicted molar refractivity (Wildman–Crippen MR) is 121 cm³/mol. The van der Waals surface area contributed by atoms with Gasteiger partial charge in [0, 0.05) is 31.7 Å². The molecule has 30 heavy (non-hydrogen) atoms. The predicted octanol–water partition coefficient (Wildman–Crippen LogP) is 4.38. The van der Waals surface area contributed by atoms with Gasteiger partial charge in [-0.25, -0.2) is 8.42 Å². The van der Waals surface area contributed by atoms with Crippen molar-refractivity contribution in [1.29, 1.82) is 0 Å². The second-order valence-electron chi connectivity index (χ2n) is 9.25. The summed E-state index contributed by atoms with van der Waals surface area (Å²) < 4.78 is 33.3. The van der Waals surface area contributed by atoms with Crippen molar-refractivity contribution < 1.29 is 13.2 Å². The Balaban J connectivity index is 1.48. The Kier molecular flexibility index (Phi) is 7.05. The van der Waals surface area contributed by atoms with Gasteiger partial charge in [0.2, 0.25) is 10.0 Å². The lowest BCUT2D eigenvalue weighted by Crippen LogP contribution is -2.57. The van der Waals surface area contributed by atoms with E-state index < -0.39 is 10.0 Å². The number of rotatable bonds is 8. The summed E-state index contributed by atoms with van der Waals surface area (Å²) in [7, 11) is -3.14. The quantitative estimate of drug-likeness (QED) is 0.570. The molecule has 3 unspecified atom stereocenters. The molecule has 168 valence electrons. The normalized spacial score (nSPS) is 27.2. The summed E-state index contributed by atoms with van der Waals surface area (Å²) in [6, 6.07) is 7.09. The molecule has 2 saturated heterocycles. The Labute approximate surface area is 182 Å². The van der Waals surface area contributed by atoms with Crippen LogP contribution in [0.2, 0.25) is 0 Å². The summed E-state index contributed by atoms with van der Waals surface area (Å²) in [6.45, 7) is 7.59. The maximum absolute atomic E-state index is 12.7. The molecule has 0 amide bonds. The molecule has 2 fully saturated rings. The third-order valence-electron chi connectivity index (χ3n) is 7.37. The lowest BCUT2D eigenvalue weighted by Gasteiger charge is -2.51. The fourth-order valence-corrected chi connectivity index (χ4v) is 7.12. The van der Waals surface area contributed by atoms with Crippen LogP contribution >= 0.6 is 0 Å². The summed E-state index contributed by atoms with van der Waals surface area (Å²) in [5.74, 6) is 1.67. The highest BCUT2D eigenvalue weighted by Crippen LogP contribution is 2.44. The molecule has 6 heteroatoms. The van der Waals surface area contributed by atoms with E-state index in [9.17, 15) is 8.42 Å². The first kappa shape index (κ1) is 22.1. The fourth-order valence-electron chi connectivity index (χ4n) is 5.71. The van der Waals surface area contributed by atoms with E-state index in [4.69, 9.17) is 4.74 Å². The first-order chi connectivity index (χ1) is 14.5. The van der Waals surface area contributed by atoms with Crippen molar-refractivity contribution in [3.8, 4) is 5.75 Å². The SMILES string of the molecule is CCCCCCOc1ccc2c(c1)CCN1CC3CCCN(S(=O)(=O)CC)C3CC21. The molecule has 4 rings (SSSR count). The Bertz CT molecular complexity index is 826. The molecule has 5 nitrogen and oxygen atoms in total. The standard InChI is InChI=1S/C24H38N2O3S/c1-3-5-6-7-15-29-21-10-11-22-19(16-21)12-14-25-18-20-9-8-13-26(30(27,28)4-2)23(20)17-24(22)25/h10-11,16,20,23-24H,3-9,12-15,17-18H2,1-2H3. The number of fused-ring (bicyclic) bond motifs is 4. The van der Waals surface area contributed by atoms with Gasteiger partial charge < -0.3 is 4.74 Å². The van der Waals surface area contributed by atoms with Crippen LogP contribution in [-0.2, 0) is 16.4 Å². The van der Waals surface area contributed by atoms with Crippen molar-refractivity contribution in [2.75, 3.05) is 32.0 Å². The molecule has 0 saturated carbocycles. The average molecular weight is 435 g/mol. The number of benzene rings is 1. The molecule has 1 aromatic rings. The van der Waals surface area contributed by atoms with Gasteiger partial charge >= 0.3 is 0 Å². The highest BCUT2D eigenvalue weighted by atomic mass is 32.2. The van der Waals surface area contributed by atoms with Crippen molar-refractivity contribution >= 4 is 10.0 Å². The second kappa shape index (κ2) is 9.58. The number of unbranched alkanes of at least 4 members (excludes halogenated alkanes) is 3. The maximum atomic E-state index is 12.7. The molecule has 0 aliphatic carbocycles. The largest absolute Gasteiger partial charge is 0.494 e. The Morgan fingerprint density at radius 2 is 2.00 bits per heavy atom. The molecule has 0 radical (unpaired) electrons. The number of ether oxygens (including phenoxy) is 1. The van der Waals surface area contributed by atoms with Gasteiger partial charge in [-0.1, -0.05) is 32.3 Å². The van der Waals surface area contributed by atoms with E-state index in [2.05, 4.69) is 30.0 Å². The number of piperidine rings is 2. The topological polar surface area (TPSA) is 49.9 Å². The lowest BCUT2D eigenvalue weighted by molar-refractivity contribution is 0.0220. The van der Waals surface area contributed by atoms with Gasteiger partial charge in [-0.2, -0.15) is 4.31 Å². The Hall–Kier alpha value is -1.11. The second-order valence-corrected chi connectivity index (χ2v) is 11.5. The molecule has 0 bridgehead atoms. The van der Waals surface area contributed by atoms with Gasteiger partial charge in [-0.3, -0.25) is 4.90 Å². The van der Waals surface area contributed by atoms with Crippen molar-refractivity contribution in [2.24, 2.45) is 5.92 Å². The van der Waals surface area contributed by atoms with Gasteiger partial charge in [0.15, 0.2) is 0 Å². The van der Waals surface area contributed by atoms with Crippen LogP contribution in [0, 0.1) is 5.92 Å². The van der Waals surface area contributed by atoms with Crippen molar-refractivity contribution in [3.05, 3.63) is 29.3 Å². The zero-order valence-corrected chi connectivity index (χ0v) is 19.5. The zero-order chi connectivity index (χ0) is 21.1. The van der Waals surface area contributed by atoms with Crippen molar-refractivity contribution in [2.45, 2.75) is 77.3 Å². The summed E-state index contributed by atoms with van der Waals surface area (Å²) in [5.41, 5.74) is 2.78. The van der Waals surface area contributed by atoms with Gasteiger partial charge in [0.1, 0.15) is 5.75 Å². The monoisotopic (exact) mass is 434 g/mol. The van der Waals surface area contributed by atoms with E-state index in [1.54, 1.807) is 6.92 Å². The molecular weight excluding hydrogens is 396 g/mol. The van der Waals surface area contributed by atoms with E-state index in [1.165, 1.54) is 30.4 Å². The molecular formula is C24H38N2O3S. The smallest absolute Gasteiger partial charge is 0.214 e. The fraction of sp³-hybridized carbons (Fsp3) is 0.750. The number of sulfonamides is 1. The van der Waals surface area contributed by atoms with Gasteiger partial charge in [-0.15, -0.1) is 0 Å². The first-order valence-electron chi connectivity index (χ1n) is 12.0. The summed E-state index contributed by atoms with van der Waals surface area (Å²) in [4.78, 5) is 2.61. The highest BCUT2D eigenvalue weighted by Gasteiger charge is 2.45. The molecule has 3 heterocycles. The number of hydrogen-bond donors (Lipinski definition) is 0. The van der Waals surface area contributed by atoms with Crippen molar-refractivity contribution in [3.63, 3.8) is 0 Å². The molecule has 3 aliphatic rings. The molecule has 0 N–H and O–H groups in total. The van der Waals surface area contributed by atoms with E-state index in [0.717, 1.165) is 57.6 Å². The van der Waals surface area contributed by atoms with Crippen LogP contribution in [0.3, 0.4) is 0 Å². The molecule has 3 atom stereocenters. The summed E-state index contributed by atoms with van der Waals surface area (Å²) in [5, 5.41) is 0. The molecule has 3 aliphatic heterocycles. The van der Waals surface area contributed by atoms with E-state index in [1.807, 2.05) is 4.31 Å². The molecule has 0 spiro atoms. The van der Waals surface area contributed by atoms with Gasteiger partial charge in [0.25, 0.3) is 0 Å². The minimum absolute atomic E-state index is 0.158. The minimum Gasteiger partial charge on any atom is -0.494 e. The Morgan fingerprint density at radius 1 is 1.13 bits per heavy atom. The van der Waals surface area contributed by atoms with E-state index in [0.29, 0.717) is 18.5 Å². The zero-order valence-electron chi connectivity index (χ0n) is 18.7. The van der Waals surface area contributed by atoms with E-state index in [-0.39, 0.29) is 11.8 Å². The third-order valence-corrected chi connectivity index (χ3v) is 9.27. The van der Waals surface area contributed by atoms with Crippen LogP contribution in [0.15, 0.2) is 18.2 Å². The Morgan fingerprint density at radius 3 is 2.80 bits per heavy atom. The summed E-state index contributed by atoms with van der Waals surface area (Å²) >= 11 is 0. The van der Waals surface area contributed by atoms with Crippen LogP contribution in [0.4, 0.5) is 0 Å². The average Bonchev–Trinajstić information content (AvgIpc) is 2.77. The maximum Gasteiger partial charge on any atom is 0.214 e. The van der Waals surface area contributed by atoms with Crippen molar-refractivity contribution in [1.82, 2.24) is 9.21 Å². The first-order valence-corrected chi connectivity index (χ1v) is 13.6. The van der Waals surface area contributed by atoms with Gasteiger partial charge in [0.05, 0.1) is 12.4 Å². The number of nitrogens with zero attached hydrogens (tertiary/aromatic N) is 2. The van der Waals surface area contributed by atoms with Crippen LogP contribution in [0.5, 0.6) is 5.75 Å². The van der Waals surface area contributed by atoms with Gasteiger partial charge in [-0.05, 0) is 68.2 Å². The number of hydrogen-bond acceptors (Lipinski definition) is 4. The molecule has 0 aromatic heterocycles. The lowest BCUT2D eigenvalue weighted by atomic mass is 9.77. The van der Waals surface area contributed by atoms with Crippen LogP contribution < -0.4 is 4.74 Å².